The number of rotatable bonds is 6. The Balaban J connectivity index is 1.37. The second-order valence-corrected chi connectivity index (χ2v) is 19.8. The molecule has 62 heavy (non-hydrogen) atoms. The van der Waals surface area contributed by atoms with Crippen molar-refractivity contribution < 1.29 is 5.11 Å². The van der Waals surface area contributed by atoms with Gasteiger partial charge in [-0.1, -0.05) is 178 Å². The Hall–Kier alpha value is -6.78. The van der Waals surface area contributed by atoms with E-state index in [0.717, 1.165) is 83.3 Å². The molecule has 0 saturated heterocycles. The van der Waals surface area contributed by atoms with Gasteiger partial charge in [-0.05, 0) is 103 Å². The Labute approximate surface area is 366 Å². The SMILES string of the molecule is CC(C)(C)c1cc(-c2nc3c(-c4cc(-c5cc(-c6ccccc6)ccn5)c5ccc(C(C)(C)C)cc5c4)cccc3n2-c2ccccc2-c2ccccc2)c(O)c(C(C)(C)C)c1. The molecule has 4 nitrogen and oxygen atoms in total. The number of nitrogens with zero attached hydrogens (tertiary/aromatic N) is 3. The molecule has 1 N–H and O–H groups in total. The van der Waals surface area contributed by atoms with Crippen LogP contribution in [0.4, 0.5) is 0 Å². The highest BCUT2D eigenvalue weighted by Gasteiger charge is 2.29. The number of hydrogen-bond acceptors (Lipinski definition) is 3. The molecule has 0 atom stereocenters. The van der Waals surface area contributed by atoms with E-state index in [0.29, 0.717) is 11.4 Å². The Morgan fingerprint density at radius 2 is 1.13 bits per heavy atom. The minimum Gasteiger partial charge on any atom is -0.507 e. The van der Waals surface area contributed by atoms with Gasteiger partial charge >= 0.3 is 0 Å². The van der Waals surface area contributed by atoms with Gasteiger partial charge < -0.3 is 5.11 Å². The first-order chi connectivity index (χ1) is 29.6. The van der Waals surface area contributed by atoms with Crippen molar-refractivity contribution in [1.29, 1.82) is 0 Å². The predicted molar refractivity (Wildman–Crippen MR) is 261 cm³/mol. The number of benzene rings is 7. The van der Waals surface area contributed by atoms with Crippen LogP contribution in [0.1, 0.15) is 79.0 Å². The van der Waals surface area contributed by atoms with E-state index in [-0.39, 0.29) is 22.0 Å². The van der Waals surface area contributed by atoms with Gasteiger partial charge in [0, 0.05) is 28.5 Å². The third kappa shape index (κ3) is 7.49. The molecule has 0 unspecified atom stereocenters. The quantitative estimate of drug-likeness (QED) is 0.182. The van der Waals surface area contributed by atoms with Crippen LogP contribution in [0, 0.1) is 0 Å². The fourth-order valence-corrected chi connectivity index (χ4v) is 8.69. The van der Waals surface area contributed by atoms with Crippen molar-refractivity contribution in [2.45, 2.75) is 78.6 Å². The third-order valence-corrected chi connectivity index (χ3v) is 12.2. The van der Waals surface area contributed by atoms with Crippen LogP contribution in [-0.2, 0) is 16.2 Å². The van der Waals surface area contributed by atoms with Gasteiger partial charge in [-0.3, -0.25) is 9.55 Å². The number of hydrogen-bond donors (Lipinski definition) is 1. The molecule has 0 fully saturated rings. The molecule has 0 radical (unpaired) electrons. The maximum absolute atomic E-state index is 12.5. The predicted octanol–water partition coefficient (Wildman–Crippen LogP) is 15.5. The summed E-state index contributed by atoms with van der Waals surface area (Å²) in [6.45, 7) is 20.0. The van der Waals surface area contributed by atoms with Gasteiger partial charge in [0.25, 0.3) is 0 Å². The minimum absolute atomic E-state index is 0.0365. The number of phenolic OH excluding ortho intramolecular Hbond substituents is 1. The van der Waals surface area contributed by atoms with Crippen molar-refractivity contribution in [3.63, 3.8) is 0 Å². The number of phenols is 1. The molecule has 2 aromatic heterocycles. The van der Waals surface area contributed by atoms with Gasteiger partial charge in [-0.25, -0.2) is 4.98 Å². The molecule has 0 aliphatic rings. The maximum atomic E-state index is 12.5. The highest BCUT2D eigenvalue weighted by molar-refractivity contribution is 6.04. The smallest absolute Gasteiger partial charge is 0.149 e. The van der Waals surface area contributed by atoms with Crippen molar-refractivity contribution in [2.75, 3.05) is 0 Å². The number of fused-ring (bicyclic) bond motifs is 2. The van der Waals surface area contributed by atoms with Crippen molar-refractivity contribution in [2.24, 2.45) is 0 Å². The van der Waals surface area contributed by atoms with E-state index in [2.05, 4.69) is 225 Å². The largest absolute Gasteiger partial charge is 0.507 e. The van der Waals surface area contributed by atoms with Crippen LogP contribution in [0.15, 0.2) is 164 Å². The summed E-state index contributed by atoms with van der Waals surface area (Å²) in [6.07, 6.45) is 1.92. The molecule has 0 bridgehead atoms. The molecule has 2 heterocycles. The first kappa shape index (κ1) is 40.6. The molecule has 0 aliphatic heterocycles. The Morgan fingerprint density at radius 3 is 1.82 bits per heavy atom. The van der Waals surface area contributed by atoms with Gasteiger partial charge in [0.2, 0.25) is 0 Å². The van der Waals surface area contributed by atoms with Crippen molar-refractivity contribution in [3.8, 4) is 67.5 Å². The molecule has 7 aromatic carbocycles. The Morgan fingerprint density at radius 1 is 0.468 bits per heavy atom. The van der Waals surface area contributed by atoms with E-state index >= 15 is 0 Å². The molecule has 0 saturated carbocycles. The second kappa shape index (κ2) is 15.3. The summed E-state index contributed by atoms with van der Waals surface area (Å²) in [5.41, 5.74) is 14.8. The number of imidazole rings is 1. The highest BCUT2D eigenvalue weighted by Crippen LogP contribution is 2.46. The van der Waals surface area contributed by atoms with Gasteiger partial charge in [-0.2, -0.15) is 0 Å². The molecule has 308 valence electrons. The number of para-hydroxylation sites is 2. The van der Waals surface area contributed by atoms with E-state index in [9.17, 15) is 5.11 Å². The second-order valence-electron chi connectivity index (χ2n) is 19.8. The summed E-state index contributed by atoms with van der Waals surface area (Å²) in [5, 5.41) is 14.7. The average molecular weight is 810 g/mol. The fourth-order valence-electron chi connectivity index (χ4n) is 8.69. The molecule has 0 spiro atoms. The zero-order chi connectivity index (χ0) is 43.6. The van der Waals surface area contributed by atoms with Gasteiger partial charge in [0.05, 0.1) is 28.0 Å². The van der Waals surface area contributed by atoms with Crippen LogP contribution in [0.2, 0.25) is 0 Å². The number of aromatic hydroxyl groups is 1. The molecule has 9 rings (SSSR count). The lowest BCUT2D eigenvalue weighted by molar-refractivity contribution is 0.446. The summed E-state index contributed by atoms with van der Waals surface area (Å²) in [5.74, 6) is 0.950. The molecular weight excluding hydrogens is 755 g/mol. The Kier molecular flexibility index (Phi) is 10.0. The summed E-state index contributed by atoms with van der Waals surface area (Å²) < 4.78 is 2.26. The number of aromatic nitrogens is 3. The summed E-state index contributed by atoms with van der Waals surface area (Å²) in [6, 6.07) is 56.1. The molecule has 0 aliphatic carbocycles. The first-order valence-corrected chi connectivity index (χ1v) is 21.7. The van der Waals surface area contributed by atoms with Gasteiger partial charge in [0.1, 0.15) is 11.6 Å². The fraction of sp³-hybridized carbons (Fsp3) is 0.207. The Bertz CT molecular complexity index is 3120. The topological polar surface area (TPSA) is 50.9 Å². The van der Waals surface area contributed by atoms with Crippen LogP contribution in [0.3, 0.4) is 0 Å². The lowest BCUT2D eigenvalue weighted by Crippen LogP contribution is -2.17. The van der Waals surface area contributed by atoms with E-state index < -0.39 is 0 Å². The first-order valence-electron chi connectivity index (χ1n) is 21.7. The number of pyridine rings is 1. The van der Waals surface area contributed by atoms with Gasteiger partial charge in [-0.15, -0.1) is 0 Å². The zero-order valence-electron chi connectivity index (χ0n) is 37.4. The summed E-state index contributed by atoms with van der Waals surface area (Å²) >= 11 is 0. The van der Waals surface area contributed by atoms with Crippen LogP contribution < -0.4 is 0 Å². The maximum Gasteiger partial charge on any atom is 0.149 e. The van der Waals surface area contributed by atoms with E-state index in [4.69, 9.17) is 9.97 Å². The van der Waals surface area contributed by atoms with Gasteiger partial charge in [0.15, 0.2) is 0 Å². The van der Waals surface area contributed by atoms with E-state index in [1.165, 1.54) is 5.56 Å². The molecule has 0 amide bonds. The minimum atomic E-state index is -0.316. The summed E-state index contributed by atoms with van der Waals surface area (Å²) in [4.78, 5) is 10.7. The van der Waals surface area contributed by atoms with E-state index in [1.54, 1.807) is 0 Å². The van der Waals surface area contributed by atoms with Crippen molar-refractivity contribution in [3.05, 3.63) is 181 Å². The molecule has 4 heteroatoms. The van der Waals surface area contributed by atoms with Crippen LogP contribution in [-0.4, -0.2) is 19.6 Å². The lowest BCUT2D eigenvalue weighted by atomic mass is 9.79. The standard InChI is InChI=1S/C58H55N3O/c1-56(2,3)42-27-28-44-40(32-42)31-41(33-47(44)50-34-39(29-30-59-50)37-19-12-10-13-20-37)46-24-18-26-52-53(46)60-55(48-35-43(57(4,5)6)36-49(54(48)62)58(7,8)9)61(52)51-25-17-16-23-45(51)38-21-14-11-15-22-38/h10-36,62H,1-9H3. The summed E-state index contributed by atoms with van der Waals surface area (Å²) in [7, 11) is 0. The monoisotopic (exact) mass is 809 g/mol. The molecule has 9 aromatic rings. The van der Waals surface area contributed by atoms with Crippen LogP contribution in [0.5, 0.6) is 5.75 Å². The normalized spacial score (nSPS) is 12.3. The van der Waals surface area contributed by atoms with Crippen molar-refractivity contribution >= 4 is 21.8 Å². The van der Waals surface area contributed by atoms with Crippen LogP contribution >= 0.6 is 0 Å². The average Bonchev–Trinajstić information content (AvgIpc) is 3.65. The third-order valence-electron chi connectivity index (χ3n) is 12.2. The highest BCUT2D eigenvalue weighted by atomic mass is 16.3. The molecular formula is C58H55N3O. The van der Waals surface area contributed by atoms with Crippen LogP contribution in [0.25, 0.3) is 83.5 Å². The van der Waals surface area contributed by atoms with E-state index in [1.807, 2.05) is 6.20 Å². The zero-order valence-corrected chi connectivity index (χ0v) is 37.4. The lowest BCUT2D eigenvalue weighted by Gasteiger charge is -2.27. The van der Waals surface area contributed by atoms with Crippen molar-refractivity contribution in [1.82, 2.24) is 14.5 Å².